The van der Waals surface area contributed by atoms with Gasteiger partial charge in [-0.2, -0.15) is 0 Å². The van der Waals surface area contributed by atoms with Crippen molar-refractivity contribution < 1.29 is 4.79 Å². The van der Waals surface area contributed by atoms with Crippen LogP contribution in [0.1, 0.15) is 18.5 Å². The molecule has 0 spiro atoms. The monoisotopic (exact) mass is 325 g/mol. The Bertz CT molecular complexity index is 478. The molecule has 0 aromatic heterocycles. The number of carbonyl (C=O) groups is 1. The summed E-state index contributed by atoms with van der Waals surface area (Å²) in [6.07, 6.45) is 0. The number of carbonyl (C=O) groups excluding carboxylic acids is 1. The fraction of sp³-hybridized carbons (Fsp3) is 0.500. The van der Waals surface area contributed by atoms with Crippen molar-refractivity contribution in [2.24, 2.45) is 0 Å². The van der Waals surface area contributed by atoms with E-state index in [2.05, 4.69) is 51.3 Å². The van der Waals surface area contributed by atoms with Gasteiger partial charge in [0, 0.05) is 36.3 Å². The number of rotatable bonds is 3. The Morgan fingerprint density at radius 1 is 1.37 bits per heavy atom. The summed E-state index contributed by atoms with van der Waals surface area (Å²) in [6.45, 7) is 4.25. The highest BCUT2D eigenvalue weighted by molar-refractivity contribution is 9.10. The number of hydrogen-bond acceptors (Lipinski definition) is 3. The van der Waals surface area contributed by atoms with Gasteiger partial charge in [-0.05, 0) is 31.7 Å². The number of halogens is 1. The molecule has 0 bridgehead atoms. The van der Waals surface area contributed by atoms with E-state index in [-0.39, 0.29) is 5.91 Å². The molecular weight excluding hydrogens is 306 g/mol. The highest BCUT2D eigenvalue weighted by Gasteiger charge is 2.21. The zero-order valence-corrected chi connectivity index (χ0v) is 13.2. The van der Waals surface area contributed by atoms with Gasteiger partial charge in [0.15, 0.2) is 0 Å². The molecule has 1 aromatic carbocycles. The van der Waals surface area contributed by atoms with E-state index in [9.17, 15) is 4.79 Å². The van der Waals surface area contributed by atoms with Crippen LogP contribution in [-0.4, -0.2) is 44.5 Å². The maximum atomic E-state index is 11.7. The number of amides is 1. The first-order valence-electron chi connectivity index (χ1n) is 6.48. The third-order valence-electron chi connectivity index (χ3n) is 3.71. The van der Waals surface area contributed by atoms with Crippen LogP contribution in [0, 0.1) is 0 Å². The van der Waals surface area contributed by atoms with Gasteiger partial charge in [-0.1, -0.05) is 22.0 Å². The predicted molar refractivity (Wildman–Crippen MR) is 81.5 cm³/mol. The molecule has 19 heavy (non-hydrogen) atoms. The van der Waals surface area contributed by atoms with Crippen LogP contribution < -0.4 is 10.2 Å². The first-order valence-corrected chi connectivity index (χ1v) is 7.28. The van der Waals surface area contributed by atoms with Crippen molar-refractivity contribution >= 4 is 27.5 Å². The Kier molecular flexibility index (Phi) is 4.47. The Morgan fingerprint density at radius 3 is 2.68 bits per heavy atom. The summed E-state index contributed by atoms with van der Waals surface area (Å²) in [5.74, 6) is 0.176. The third-order valence-corrected chi connectivity index (χ3v) is 4.39. The fourth-order valence-electron chi connectivity index (χ4n) is 2.20. The molecule has 1 unspecified atom stereocenters. The van der Waals surface area contributed by atoms with Crippen LogP contribution >= 0.6 is 15.9 Å². The summed E-state index contributed by atoms with van der Waals surface area (Å²) in [5, 5.41) is 3.23. The average Bonchev–Trinajstić information content (AvgIpc) is 2.41. The summed E-state index contributed by atoms with van der Waals surface area (Å²) in [5.41, 5.74) is 2.33. The summed E-state index contributed by atoms with van der Waals surface area (Å²) in [7, 11) is 3.80. The molecule has 2 rings (SSSR count). The second-order valence-corrected chi connectivity index (χ2v) is 5.81. The van der Waals surface area contributed by atoms with E-state index in [1.54, 1.807) is 4.90 Å². The van der Waals surface area contributed by atoms with E-state index in [4.69, 9.17) is 0 Å². The fourth-order valence-corrected chi connectivity index (χ4v) is 2.91. The molecule has 1 amide bonds. The first kappa shape index (κ1) is 14.3. The highest BCUT2D eigenvalue weighted by atomic mass is 79.9. The average molecular weight is 326 g/mol. The molecule has 1 fully saturated rings. The minimum Gasteiger partial charge on any atom is -0.360 e. The van der Waals surface area contributed by atoms with Gasteiger partial charge < -0.3 is 15.1 Å². The Balaban J connectivity index is 2.18. The lowest BCUT2D eigenvalue weighted by molar-refractivity contribution is -0.129. The minimum absolute atomic E-state index is 0.176. The number of nitrogens with zero attached hydrogens (tertiary/aromatic N) is 2. The molecule has 1 aliphatic rings. The van der Waals surface area contributed by atoms with E-state index in [1.807, 2.05) is 14.1 Å². The Hall–Kier alpha value is -1.07. The van der Waals surface area contributed by atoms with E-state index in [0.717, 1.165) is 23.2 Å². The van der Waals surface area contributed by atoms with Gasteiger partial charge in [-0.3, -0.25) is 4.79 Å². The van der Waals surface area contributed by atoms with Gasteiger partial charge in [-0.15, -0.1) is 0 Å². The molecule has 1 aromatic rings. The van der Waals surface area contributed by atoms with E-state index in [0.29, 0.717) is 12.6 Å². The van der Waals surface area contributed by atoms with Crippen molar-refractivity contribution in [3.8, 4) is 0 Å². The predicted octanol–water partition coefficient (Wildman–Crippen LogP) is 2.01. The van der Waals surface area contributed by atoms with E-state index in [1.165, 1.54) is 5.56 Å². The standard InChI is InChI=1S/C14H20BrN3O/c1-10(16-2)12-5-4-11(8-13(12)15)18-7-6-17(3)14(19)9-18/h4-5,8,10,16H,6-7,9H2,1-3H3. The van der Waals surface area contributed by atoms with Crippen LogP contribution in [0.15, 0.2) is 22.7 Å². The maximum absolute atomic E-state index is 11.7. The van der Waals surface area contributed by atoms with Crippen molar-refractivity contribution in [2.45, 2.75) is 13.0 Å². The zero-order valence-electron chi connectivity index (χ0n) is 11.6. The number of piperazine rings is 1. The minimum atomic E-state index is 0.176. The van der Waals surface area contributed by atoms with Crippen molar-refractivity contribution in [3.05, 3.63) is 28.2 Å². The SMILES string of the molecule is CNC(C)c1ccc(N2CCN(C)C(=O)C2)cc1Br. The first-order chi connectivity index (χ1) is 9.02. The molecule has 1 aliphatic heterocycles. The quantitative estimate of drug-likeness (QED) is 0.923. The van der Waals surface area contributed by atoms with Crippen molar-refractivity contribution in [1.82, 2.24) is 10.2 Å². The number of benzene rings is 1. The summed E-state index contributed by atoms with van der Waals surface area (Å²) < 4.78 is 1.08. The van der Waals surface area contributed by atoms with Gasteiger partial charge >= 0.3 is 0 Å². The Morgan fingerprint density at radius 2 is 2.11 bits per heavy atom. The van der Waals surface area contributed by atoms with Gasteiger partial charge in [0.1, 0.15) is 0 Å². The van der Waals surface area contributed by atoms with Crippen LogP contribution in [0.3, 0.4) is 0 Å². The van der Waals surface area contributed by atoms with Crippen LogP contribution in [0.2, 0.25) is 0 Å². The van der Waals surface area contributed by atoms with Crippen LogP contribution in [0.4, 0.5) is 5.69 Å². The largest absolute Gasteiger partial charge is 0.360 e. The zero-order chi connectivity index (χ0) is 14.0. The van der Waals surface area contributed by atoms with Gasteiger partial charge in [0.05, 0.1) is 6.54 Å². The van der Waals surface area contributed by atoms with Crippen LogP contribution in [0.5, 0.6) is 0 Å². The number of hydrogen-bond donors (Lipinski definition) is 1. The molecule has 4 nitrogen and oxygen atoms in total. The third kappa shape index (κ3) is 3.09. The molecule has 1 atom stereocenters. The van der Waals surface area contributed by atoms with E-state index < -0.39 is 0 Å². The van der Waals surface area contributed by atoms with E-state index >= 15 is 0 Å². The lowest BCUT2D eigenvalue weighted by atomic mass is 10.1. The molecule has 104 valence electrons. The van der Waals surface area contributed by atoms with Gasteiger partial charge in [-0.25, -0.2) is 0 Å². The molecule has 0 radical (unpaired) electrons. The molecular formula is C14H20BrN3O. The lowest BCUT2D eigenvalue weighted by Gasteiger charge is -2.33. The van der Waals surface area contributed by atoms with Crippen molar-refractivity contribution in [1.29, 1.82) is 0 Å². The normalized spacial score (nSPS) is 17.8. The molecule has 0 saturated carbocycles. The number of nitrogens with one attached hydrogen (secondary N) is 1. The van der Waals surface area contributed by atoms with Crippen molar-refractivity contribution in [2.75, 3.05) is 38.6 Å². The molecule has 1 heterocycles. The summed E-state index contributed by atoms with van der Waals surface area (Å²) in [6, 6.07) is 6.61. The molecule has 1 N–H and O–H groups in total. The van der Waals surface area contributed by atoms with Crippen molar-refractivity contribution in [3.63, 3.8) is 0 Å². The second kappa shape index (κ2) is 5.92. The van der Waals surface area contributed by atoms with Gasteiger partial charge in [0.2, 0.25) is 5.91 Å². The second-order valence-electron chi connectivity index (χ2n) is 4.95. The lowest BCUT2D eigenvalue weighted by Crippen LogP contribution is -2.48. The summed E-state index contributed by atoms with van der Waals surface area (Å²) in [4.78, 5) is 15.7. The Labute approximate surface area is 122 Å². The van der Waals surface area contributed by atoms with Gasteiger partial charge in [0.25, 0.3) is 0 Å². The smallest absolute Gasteiger partial charge is 0.241 e. The highest BCUT2D eigenvalue weighted by Crippen LogP contribution is 2.28. The van der Waals surface area contributed by atoms with Crippen LogP contribution in [0.25, 0.3) is 0 Å². The van der Waals surface area contributed by atoms with Crippen LogP contribution in [-0.2, 0) is 4.79 Å². The molecule has 1 saturated heterocycles. The maximum Gasteiger partial charge on any atom is 0.241 e. The number of likely N-dealkylation sites (N-methyl/N-ethyl adjacent to an activating group) is 1. The summed E-state index contributed by atoms with van der Waals surface area (Å²) >= 11 is 3.62. The molecule has 0 aliphatic carbocycles. The topological polar surface area (TPSA) is 35.6 Å². The number of anilines is 1. The molecule has 5 heteroatoms.